The van der Waals surface area contributed by atoms with Crippen molar-refractivity contribution in [3.63, 3.8) is 0 Å². The van der Waals surface area contributed by atoms with Gasteiger partial charge >= 0.3 is 5.97 Å². The third-order valence-corrected chi connectivity index (χ3v) is 1.99. The first-order valence-corrected chi connectivity index (χ1v) is 4.70. The van der Waals surface area contributed by atoms with Gasteiger partial charge in [0.1, 0.15) is 5.75 Å². The molecule has 1 aromatic rings. The van der Waals surface area contributed by atoms with E-state index in [1.54, 1.807) is 38.4 Å². The molecule has 0 saturated heterocycles. The van der Waals surface area contributed by atoms with Crippen LogP contribution in [0.5, 0.6) is 5.75 Å². The van der Waals surface area contributed by atoms with Crippen molar-refractivity contribution < 1.29 is 14.6 Å². The second-order valence-corrected chi connectivity index (χ2v) is 3.66. The number of rotatable bonds is 4. The fourth-order valence-corrected chi connectivity index (χ4v) is 1.14. The van der Waals surface area contributed by atoms with E-state index in [9.17, 15) is 4.79 Å². The maximum Gasteiger partial charge on any atom is 0.360 e. The summed E-state index contributed by atoms with van der Waals surface area (Å²) in [5.41, 5.74) is 0. The van der Waals surface area contributed by atoms with Gasteiger partial charge in [0.25, 0.3) is 0 Å². The Balaban J connectivity index is 2.74. The van der Waals surface area contributed by atoms with Crippen molar-refractivity contribution in [3.05, 3.63) is 29.3 Å². The van der Waals surface area contributed by atoms with E-state index in [0.717, 1.165) is 0 Å². The summed E-state index contributed by atoms with van der Waals surface area (Å²) in [7, 11) is 3.27. The minimum absolute atomic E-state index is 0.473. The highest BCUT2D eigenvalue weighted by atomic mass is 35.5. The Kier molecular flexibility index (Phi) is 3.94. The number of nitrogens with zero attached hydrogens (tertiary/aromatic N) is 1. The lowest BCUT2D eigenvalue weighted by Crippen LogP contribution is -2.40. The standard InChI is InChI=1S/C10H12ClNO3/c1-12(2)9(10(13)14)15-8-5-3-7(11)4-6-8/h3-6,9H,1-2H3,(H,13,14). The van der Waals surface area contributed by atoms with Crippen LogP contribution in [0.2, 0.25) is 5.02 Å². The summed E-state index contributed by atoms with van der Waals surface area (Å²) < 4.78 is 5.26. The first-order chi connectivity index (χ1) is 7.00. The van der Waals surface area contributed by atoms with Crippen molar-refractivity contribution in [3.8, 4) is 5.75 Å². The number of benzene rings is 1. The second kappa shape index (κ2) is 5.00. The van der Waals surface area contributed by atoms with Crippen LogP contribution in [0.4, 0.5) is 0 Å². The normalized spacial score (nSPS) is 12.5. The molecule has 5 heteroatoms. The van der Waals surface area contributed by atoms with Crippen LogP contribution >= 0.6 is 11.6 Å². The highest BCUT2D eigenvalue weighted by Crippen LogP contribution is 2.17. The second-order valence-electron chi connectivity index (χ2n) is 3.23. The van der Waals surface area contributed by atoms with E-state index in [4.69, 9.17) is 21.4 Å². The number of carboxylic acids is 1. The number of likely N-dealkylation sites (N-methyl/N-ethyl adjacent to an activating group) is 1. The van der Waals surface area contributed by atoms with Crippen molar-refractivity contribution in [2.45, 2.75) is 6.23 Å². The molecule has 0 aliphatic rings. The highest BCUT2D eigenvalue weighted by molar-refractivity contribution is 6.30. The molecule has 0 spiro atoms. The van der Waals surface area contributed by atoms with Crippen LogP contribution in [-0.4, -0.2) is 36.3 Å². The average molecular weight is 230 g/mol. The summed E-state index contributed by atoms with van der Waals surface area (Å²) >= 11 is 5.69. The van der Waals surface area contributed by atoms with Gasteiger partial charge in [0.2, 0.25) is 6.23 Å². The van der Waals surface area contributed by atoms with Crippen molar-refractivity contribution in [2.24, 2.45) is 0 Å². The van der Waals surface area contributed by atoms with Crippen molar-refractivity contribution in [2.75, 3.05) is 14.1 Å². The van der Waals surface area contributed by atoms with Crippen molar-refractivity contribution in [1.82, 2.24) is 4.90 Å². The summed E-state index contributed by atoms with van der Waals surface area (Å²) in [6, 6.07) is 6.54. The Morgan fingerprint density at radius 3 is 2.33 bits per heavy atom. The molecule has 82 valence electrons. The molecule has 1 atom stereocenters. The fraction of sp³-hybridized carbons (Fsp3) is 0.300. The molecule has 0 aliphatic heterocycles. The summed E-state index contributed by atoms with van der Waals surface area (Å²) in [5.74, 6) is -0.560. The zero-order valence-corrected chi connectivity index (χ0v) is 9.23. The molecule has 0 aromatic heterocycles. The molecule has 1 N–H and O–H groups in total. The minimum Gasteiger partial charge on any atom is -0.477 e. The molecule has 0 aliphatic carbocycles. The molecule has 4 nitrogen and oxygen atoms in total. The van der Waals surface area contributed by atoms with Gasteiger partial charge in [0.15, 0.2) is 0 Å². The molecule has 0 radical (unpaired) electrons. The van der Waals surface area contributed by atoms with E-state index in [1.807, 2.05) is 0 Å². The molecular formula is C10H12ClNO3. The highest BCUT2D eigenvalue weighted by Gasteiger charge is 2.21. The Morgan fingerprint density at radius 1 is 1.40 bits per heavy atom. The van der Waals surface area contributed by atoms with E-state index in [1.165, 1.54) is 4.90 Å². The molecule has 0 saturated carbocycles. The van der Waals surface area contributed by atoms with Gasteiger partial charge in [-0.05, 0) is 38.4 Å². The molecule has 1 rings (SSSR count). The van der Waals surface area contributed by atoms with Gasteiger partial charge in [-0.1, -0.05) is 11.6 Å². The number of hydrogen-bond donors (Lipinski definition) is 1. The maximum absolute atomic E-state index is 10.8. The van der Waals surface area contributed by atoms with Crippen LogP contribution in [0.1, 0.15) is 0 Å². The molecule has 0 heterocycles. The zero-order chi connectivity index (χ0) is 11.4. The smallest absolute Gasteiger partial charge is 0.360 e. The monoisotopic (exact) mass is 229 g/mol. The number of carboxylic acid groups (broad SMARTS) is 1. The lowest BCUT2D eigenvalue weighted by Gasteiger charge is -2.21. The number of hydrogen-bond acceptors (Lipinski definition) is 3. The zero-order valence-electron chi connectivity index (χ0n) is 8.48. The lowest BCUT2D eigenvalue weighted by molar-refractivity contribution is -0.152. The van der Waals surface area contributed by atoms with Gasteiger partial charge in [-0.2, -0.15) is 0 Å². The Hall–Kier alpha value is -1.26. The predicted molar refractivity (Wildman–Crippen MR) is 57.2 cm³/mol. The predicted octanol–water partition coefficient (Wildman–Crippen LogP) is 1.69. The van der Waals surface area contributed by atoms with Gasteiger partial charge in [-0.25, -0.2) is 4.79 Å². The molecular weight excluding hydrogens is 218 g/mol. The van der Waals surface area contributed by atoms with Crippen LogP contribution in [-0.2, 0) is 4.79 Å². The number of aliphatic carboxylic acids is 1. The van der Waals surface area contributed by atoms with Crippen LogP contribution in [0, 0.1) is 0 Å². The fourth-order valence-electron chi connectivity index (χ4n) is 1.02. The van der Waals surface area contributed by atoms with E-state index in [-0.39, 0.29) is 0 Å². The molecule has 1 aromatic carbocycles. The molecule has 0 bridgehead atoms. The molecule has 0 amide bonds. The Labute approximate surface area is 93.0 Å². The van der Waals surface area contributed by atoms with Gasteiger partial charge in [0, 0.05) is 5.02 Å². The third-order valence-electron chi connectivity index (χ3n) is 1.74. The number of halogens is 1. The van der Waals surface area contributed by atoms with Crippen molar-refractivity contribution >= 4 is 17.6 Å². The summed E-state index contributed by atoms with van der Waals surface area (Å²) in [5, 5.41) is 9.45. The maximum atomic E-state index is 10.8. The van der Waals surface area contributed by atoms with E-state index in [2.05, 4.69) is 0 Å². The summed E-state index contributed by atoms with van der Waals surface area (Å²) in [6.45, 7) is 0. The van der Waals surface area contributed by atoms with E-state index >= 15 is 0 Å². The van der Waals surface area contributed by atoms with Crippen molar-refractivity contribution in [1.29, 1.82) is 0 Å². The SMILES string of the molecule is CN(C)C(Oc1ccc(Cl)cc1)C(=O)O. The quantitative estimate of drug-likeness (QED) is 0.799. The average Bonchev–Trinajstić information content (AvgIpc) is 2.15. The lowest BCUT2D eigenvalue weighted by atomic mass is 10.3. The van der Waals surface area contributed by atoms with Gasteiger partial charge in [0.05, 0.1) is 0 Å². The van der Waals surface area contributed by atoms with Gasteiger partial charge in [-0.3, -0.25) is 4.90 Å². The van der Waals surface area contributed by atoms with Crippen LogP contribution in [0.25, 0.3) is 0 Å². The van der Waals surface area contributed by atoms with Crippen LogP contribution in [0.15, 0.2) is 24.3 Å². The van der Waals surface area contributed by atoms with E-state index < -0.39 is 12.2 Å². The van der Waals surface area contributed by atoms with Gasteiger partial charge in [-0.15, -0.1) is 0 Å². The van der Waals surface area contributed by atoms with Gasteiger partial charge < -0.3 is 9.84 Å². The molecule has 0 fully saturated rings. The Bertz CT molecular complexity index is 337. The number of carbonyl (C=O) groups is 1. The Morgan fingerprint density at radius 2 is 1.93 bits per heavy atom. The van der Waals surface area contributed by atoms with Crippen LogP contribution in [0.3, 0.4) is 0 Å². The minimum atomic E-state index is -1.03. The largest absolute Gasteiger partial charge is 0.477 e. The molecule has 15 heavy (non-hydrogen) atoms. The summed E-state index contributed by atoms with van der Waals surface area (Å²) in [4.78, 5) is 12.3. The van der Waals surface area contributed by atoms with E-state index in [0.29, 0.717) is 10.8 Å². The first kappa shape index (κ1) is 11.8. The summed E-state index contributed by atoms with van der Waals surface area (Å²) in [6.07, 6.45) is -0.994. The molecule has 1 unspecified atom stereocenters. The topological polar surface area (TPSA) is 49.8 Å². The first-order valence-electron chi connectivity index (χ1n) is 4.32. The van der Waals surface area contributed by atoms with Crippen LogP contribution < -0.4 is 4.74 Å². The third kappa shape index (κ3) is 3.42. The number of ether oxygens (including phenoxy) is 1.